The van der Waals surface area contributed by atoms with Gasteiger partial charge in [-0.05, 0) is 36.4 Å². The number of rotatable bonds is 6. The summed E-state index contributed by atoms with van der Waals surface area (Å²) in [7, 11) is 1.30. The van der Waals surface area contributed by atoms with Crippen molar-refractivity contribution < 1.29 is 23.5 Å². The lowest BCUT2D eigenvalue weighted by molar-refractivity contribution is -0.116. The molecule has 0 saturated carbocycles. The Hall–Kier alpha value is -3.09. The molecule has 120 valence electrons. The maximum absolute atomic E-state index is 11.8. The van der Waals surface area contributed by atoms with Crippen molar-refractivity contribution in [3.8, 4) is 0 Å². The zero-order chi connectivity index (χ0) is 16.7. The van der Waals surface area contributed by atoms with Gasteiger partial charge in [0.15, 0.2) is 5.76 Å². The van der Waals surface area contributed by atoms with Crippen LogP contribution in [0.25, 0.3) is 0 Å². The highest BCUT2D eigenvalue weighted by molar-refractivity contribution is 5.94. The van der Waals surface area contributed by atoms with E-state index in [4.69, 9.17) is 4.42 Å². The molecule has 1 heterocycles. The number of hydrogen-bond donors (Lipinski definition) is 2. The number of benzene rings is 1. The fraction of sp³-hybridized carbons (Fsp3) is 0.188. The van der Waals surface area contributed by atoms with Gasteiger partial charge >= 0.3 is 5.97 Å². The van der Waals surface area contributed by atoms with Gasteiger partial charge in [-0.1, -0.05) is 0 Å². The molecule has 0 aliphatic rings. The SMILES string of the molecule is COC(=O)c1ccc(NC(=O)CCNC(=O)c2ccco2)cc1. The summed E-state index contributed by atoms with van der Waals surface area (Å²) in [5, 5.41) is 5.25. The second kappa shape index (κ2) is 7.79. The molecule has 0 aliphatic carbocycles. The summed E-state index contributed by atoms with van der Waals surface area (Å²) in [6.07, 6.45) is 1.52. The molecule has 0 unspecified atom stereocenters. The first kappa shape index (κ1) is 16.3. The van der Waals surface area contributed by atoms with Crippen LogP contribution in [0.5, 0.6) is 0 Å². The van der Waals surface area contributed by atoms with E-state index in [1.54, 1.807) is 30.3 Å². The number of carbonyl (C=O) groups is 3. The van der Waals surface area contributed by atoms with Gasteiger partial charge in [-0.15, -0.1) is 0 Å². The molecule has 1 aromatic carbocycles. The molecule has 2 N–H and O–H groups in total. The average molecular weight is 316 g/mol. The average Bonchev–Trinajstić information content (AvgIpc) is 3.09. The Balaban J connectivity index is 1.76. The lowest BCUT2D eigenvalue weighted by Crippen LogP contribution is -2.27. The van der Waals surface area contributed by atoms with Crippen LogP contribution in [0.1, 0.15) is 27.3 Å². The molecule has 1 aromatic heterocycles. The molecule has 0 fully saturated rings. The maximum Gasteiger partial charge on any atom is 0.337 e. The predicted octanol–water partition coefficient (Wildman–Crippen LogP) is 1.82. The van der Waals surface area contributed by atoms with E-state index in [0.29, 0.717) is 11.3 Å². The second-order valence-corrected chi connectivity index (χ2v) is 4.60. The lowest BCUT2D eigenvalue weighted by Gasteiger charge is -2.06. The Bertz CT molecular complexity index is 677. The van der Waals surface area contributed by atoms with Crippen molar-refractivity contribution in [3.63, 3.8) is 0 Å². The number of hydrogen-bond acceptors (Lipinski definition) is 5. The van der Waals surface area contributed by atoms with E-state index >= 15 is 0 Å². The van der Waals surface area contributed by atoms with Crippen LogP contribution in [-0.4, -0.2) is 31.4 Å². The summed E-state index contributed by atoms with van der Waals surface area (Å²) in [5.74, 6) is -0.867. The summed E-state index contributed by atoms with van der Waals surface area (Å²) >= 11 is 0. The minimum absolute atomic E-state index is 0.116. The molecule has 2 rings (SSSR count). The smallest absolute Gasteiger partial charge is 0.337 e. The molecule has 0 radical (unpaired) electrons. The molecular weight excluding hydrogens is 300 g/mol. The van der Waals surface area contributed by atoms with Crippen molar-refractivity contribution in [3.05, 3.63) is 54.0 Å². The monoisotopic (exact) mass is 316 g/mol. The largest absolute Gasteiger partial charge is 0.465 e. The highest BCUT2D eigenvalue weighted by Crippen LogP contribution is 2.10. The Morgan fingerprint density at radius 2 is 1.87 bits per heavy atom. The summed E-state index contributed by atoms with van der Waals surface area (Å²) in [4.78, 5) is 34.7. The lowest BCUT2D eigenvalue weighted by atomic mass is 10.2. The second-order valence-electron chi connectivity index (χ2n) is 4.60. The molecule has 0 bridgehead atoms. The topological polar surface area (TPSA) is 97.6 Å². The summed E-state index contributed by atoms with van der Waals surface area (Å²) in [6.45, 7) is 0.186. The maximum atomic E-state index is 11.8. The standard InChI is InChI=1S/C16H16N2O5/c1-22-16(21)11-4-6-12(7-5-11)18-14(19)8-9-17-15(20)13-3-2-10-23-13/h2-7,10H,8-9H2,1H3,(H,17,20)(H,18,19). The molecule has 7 nitrogen and oxygen atoms in total. The summed E-state index contributed by atoms with van der Waals surface area (Å²) < 4.78 is 9.53. The van der Waals surface area contributed by atoms with E-state index in [0.717, 1.165) is 0 Å². The van der Waals surface area contributed by atoms with Gasteiger partial charge in [0.2, 0.25) is 5.91 Å². The number of methoxy groups -OCH3 is 1. The normalized spacial score (nSPS) is 9.96. The summed E-state index contributed by atoms with van der Waals surface area (Å²) in [5.41, 5.74) is 0.955. The van der Waals surface area contributed by atoms with Gasteiger partial charge in [0.05, 0.1) is 18.9 Å². The molecular formula is C16H16N2O5. The number of anilines is 1. The quantitative estimate of drug-likeness (QED) is 0.792. The van der Waals surface area contributed by atoms with Gasteiger partial charge in [-0.3, -0.25) is 9.59 Å². The zero-order valence-electron chi connectivity index (χ0n) is 12.5. The minimum atomic E-state index is -0.441. The van der Waals surface area contributed by atoms with Crippen molar-refractivity contribution in [1.82, 2.24) is 5.32 Å². The van der Waals surface area contributed by atoms with E-state index < -0.39 is 5.97 Å². The van der Waals surface area contributed by atoms with Crippen LogP contribution in [-0.2, 0) is 9.53 Å². The Morgan fingerprint density at radius 1 is 1.13 bits per heavy atom. The first-order valence-electron chi connectivity index (χ1n) is 6.90. The van der Waals surface area contributed by atoms with Crippen LogP contribution in [0.4, 0.5) is 5.69 Å². The first-order valence-corrected chi connectivity index (χ1v) is 6.90. The van der Waals surface area contributed by atoms with Crippen LogP contribution in [0, 0.1) is 0 Å². The fourth-order valence-electron chi connectivity index (χ4n) is 1.82. The number of furan rings is 1. The van der Waals surface area contributed by atoms with Gasteiger partial charge in [-0.25, -0.2) is 4.79 Å². The van der Waals surface area contributed by atoms with Crippen LogP contribution in [0.3, 0.4) is 0 Å². The molecule has 0 saturated heterocycles. The summed E-state index contributed by atoms with van der Waals surface area (Å²) in [6, 6.07) is 9.47. The van der Waals surface area contributed by atoms with Crippen LogP contribution in [0.15, 0.2) is 47.1 Å². The van der Waals surface area contributed by atoms with Crippen molar-refractivity contribution >= 4 is 23.5 Å². The van der Waals surface area contributed by atoms with Crippen molar-refractivity contribution in [2.24, 2.45) is 0 Å². The van der Waals surface area contributed by atoms with Gasteiger partial charge in [0, 0.05) is 18.7 Å². The molecule has 0 atom stereocenters. The molecule has 23 heavy (non-hydrogen) atoms. The van der Waals surface area contributed by atoms with Crippen molar-refractivity contribution in [2.75, 3.05) is 19.0 Å². The highest BCUT2D eigenvalue weighted by Gasteiger charge is 2.09. The molecule has 7 heteroatoms. The van der Waals surface area contributed by atoms with Crippen LogP contribution in [0.2, 0.25) is 0 Å². The third-order valence-corrected chi connectivity index (χ3v) is 2.97. The number of esters is 1. The fourth-order valence-corrected chi connectivity index (χ4v) is 1.82. The zero-order valence-corrected chi connectivity index (χ0v) is 12.5. The van der Waals surface area contributed by atoms with Gasteiger partial charge in [-0.2, -0.15) is 0 Å². The Labute approximate surface area is 132 Å². The van der Waals surface area contributed by atoms with Gasteiger partial charge < -0.3 is 19.8 Å². The van der Waals surface area contributed by atoms with Gasteiger partial charge in [0.1, 0.15) is 0 Å². The molecule has 0 aliphatic heterocycles. The molecule has 2 aromatic rings. The van der Waals surface area contributed by atoms with E-state index in [-0.39, 0.29) is 30.5 Å². The van der Waals surface area contributed by atoms with Gasteiger partial charge in [0.25, 0.3) is 5.91 Å². The Morgan fingerprint density at radius 3 is 2.48 bits per heavy atom. The van der Waals surface area contributed by atoms with Crippen molar-refractivity contribution in [2.45, 2.75) is 6.42 Å². The minimum Gasteiger partial charge on any atom is -0.465 e. The van der Waals surface area contributed by atoms with E-state index in [2.05, 4.69) is 15.4 Å². The molecule has 2 amide bonds. The highest BCUT2D eigenvalue weighted by atomic mass is 16.5. The third kappa shape index (κ3) is 4.70. The predicted molar refractivity (Wildman–Crippen MR) is 82.1 cm³/mol. The first-order chi connectivity index (χ1) is 11.1. The number of carbonyl (C=O) groups excluding carboxylic acids is 3. The van der Waals surface area contributed by atoms with Crippen molar-refractivity contribution in [1.29, 1.82) is 0 Å². The van der Waals surface area contributed by atoms with Crippen LogP contribution < -0.4 is 10.6 Å². The number of nitrogens with one attached hydrogen (secondary N) is 2. The number of ether oxygens (including phenoxy) is 1. The van der Waals surface area contributed by atoms with E-state index in [9.17, 15) is 14.4 Å². The number of amides is 2. The van der Waals surface area contributed by atoms with E-state index in [1.165, 1.54) is 19.4 Å². The van der Waals surface area contributed by atoms with Crippen LogP contribution >= 0.6 is 0 Å². The third-order valence-electron chi connectivity index (χ3n) is 2.97. The Kier molecular flexibility index (Phi) is 5.51. The molecule has 0 spiro atoms. The van der Waals surface area contributed by atoms with E-state index in [1.807, 2.05) is 0 Å².